The van der Waals surface area contributed by atoms with Gasteiger partial charge in [0.2, 0.25) is 0 Å². The summed E-state index contributed by atoms with van der Waals surface area (Å²) in [4.78, 5) is 13.5. The molecule has 1 aromatic rings. The number of hydrogen-bond acceptors (Lipinski definition) is 3. The van der Waals surface area contributed by atoms with Gasteiger partial charge in [0, 0.05) is 6.04 Å². The molecule has 0 saturated heterocycles. The van der Waals surface area contributed by atoms with Crippen molar-refractivity contribution in [1.29, 1.82) is 0 Å². The lowest BCUT2D eigenvalue weighted by molar-refractivity contribution is -0.144. The van der Waals surface area contributed by atoms with Crippen molar-refractivity contribution in [2.45, 2.75) is 26.3 Å². The lowest BCUT2D eigenvalue weighted by Gasteiger charge is -2.25. The third-order valence-corrected chi connectivity index (χ3v) is 2.89. The van der Waals surface area contributed by atoms with E-state index in [-0.39, 0.29) is 24.2 Å². The monoisotopic (exact) mass is 253 g/mol. The SMILES string of the molecule is CCOC(=O)CC(c1cc(F)ccc1C)N(C)C. The number of carbonyl (C=O) groups excluding carboxylic acids is 1. The first-order valence-electron chi connectivity index (χ1n) is 6.03. The second-order valence-electron chi connectivity index (χ2n) is 4.49. The summed E-state index contributed by atoms with van der Waals surface area (Å²) in [6.07, 6.45) is 0.227. The van der Waals surface area contributed by atoms with E-state index in [9.17, 15) is 9.18 Å². The lowest BCUT2D eigenvalue weighted by Crippen LogP contribution is -2.24. The molecule has 18 heavy (non-hydrogen) atoms. The first-order chi connectivity index (χ1) is 8.45. The molecule has 1 atom stereocenters. The van der Waals surface area contributed by atoms with Crippen molar-refractivity contribution in [1.82, 2.24) is 4.90 Å². The Labute approximate surface area is 108 Å². The van der Waals surface area contributed by atoms with Crippen molar-refractivity contribution in [3.8, 4) is 0 Å². The molecule has 0 spiro atoms. The second kappa shape index (κ2) is 6.50. The minimum absolute atomic E-state index is 0.167. The van der Waals surface area contributed by atoms with Gasteiger partial charge in [0.15, 0.2) is 0 Å². The van der Waals surface area contributed by atoms with E-state index < -0.39 is 0 Å². The number of esters is 1. The number of hydrogen-bond donors (Lipinski definition) is 0. The summed E-state index contributed by atoms with van der Waals surface area (Å²) in [5, 5.41) is 0. The fraction of sp³-hybridized carbons (Fsp3) is 0.500. The van der Waals surface area contributed by atoms with Crippen LogP contribution in [0.5, 0.6) is 0 Å². The maximum atomic E-state index is 13.3. The Kier molecular flexibility index (Phi) is 5.28. The van der Waals surface area contributed by atoms with Crippen LogP contribution in [0.3, 0.4) is 0 Å². The first kappa shape index (κ1) is 14.6. The summed E-state index contributed by atoms with van der Waals surface area (Å²) in [6, 6.07) is 4.47. The Morgan fingerprint density at radius 2 is 2.11 bits per heavy atom. The Hall–Kier alpha value is -1.42. The minimum Gasteiger partial charge on any atom is -0.466 e. The molecule has 0 aliphatic rings. The smallest absolute Gasteiger partial charge is 0.307 e. The van der Waals surface area contributed by atoms with Crippen LogP contribution in [0.25, 0.3) is 0 Å². The van der Waals surface area contributed by atoms with E-state index >= 15 is 0 Å². The fourth-order valence-electron chi connectivity index (χ4n) is 1.92. The molecule has 3 nitrogen and oxygen atoms in total. The minimum atomic E-state index is -0.286. The summed E-state index contributed by atoms with van der Waals surface area (Å²) < 4.78 is 18.3. The van der Waals surface area contributed by atoms with Crippen molar-refractivity contribution < 1.29 is 13.9 Å². The fourth-order valence-corrected chi connectivity index (χ4v) is 1.92. The molecule has 0 N–H and O–H groups in total. The molecule has 0 amide bonds. The second-order valence-corrected chi connectivity index (χ2v) is 4.49. The van der Waals surface area contributed by atoms with Crippen molar-refractivity contribution in [2.75, 3.05) is 20.7 Å². The number of ether oxygens (including phenoxy) is 1. The van der Waals surface area contributed by atoms with Gasteiger partial charge in [-0.05, 0) is 51.2 Å². The van der Waals surface area contributed by atoms with Crippen LogP contribution in [0.2, 0.25) is 0 Å². The van der Waals surface area contributed by atoms with Crippen LogP contribution in [0.4, 0.5) is 4.39 Å². The number of nitrogens with zero attached hydrogens (tertiary/aromatic N) is 1. The highest BCUT2D eigenvalue weighted by Crippen LogP contribution is 2.26. The highest BCUT2D eigenvalue weighted by molar-refractivity contribution is 5.70. The predicted octanol–water partition coefficient (Wildman–Crippen LogP) is 2.69. The van der Waals surface area contributed by atoms with E-state index in [1.165, 1.54) is 12.1 Å². The zero-order valence-corrected chi connectivity index (χ0v) is 11.4. The molecule has 4 heteroatoms. The molecule has 1 aromatic carbocycles. The molecule has 0 fully saturated rings. The summed E-state index contributed by atoms with van der Waals surface area (Å²) >= 11 is 0. The van der Waals surface area contributed by atoms with Crippen LogP contribution < -0.4 is 0 Å². The largest absolute Gasteiger partial charge is 0.466 e. The molecule has 0 aliphatic heterocycles. The molecule has 0 aromatic heterocycles. The molecular weight excluding hydrogens is 233 g/mol. The number of benzene rings is 1. The average Bonchev–Trinajstić information content (AvgIpc) is 2.29. The van der Waals surface area contributed by atoms with Crippen molar-refractivity contribution in [3.05, 3.63) is 35.1 Å². The highest BCUT2D eigenvalue weighted by atomic mass is 19.1. The van der Waals surface area contributed by atoms with E-state index in [0.29, 0.717) is 6.61 Å². The summed E-state index contributed by atoms with van der Waals surface area (Å²) in [5.74, 6) is -0.550. The van der Waals surface area contributed by atoms with Gasteiger partial charge in [-0.25, -0.2) is 4.39 Å². The van der Waals surface area contributed by atoms with Gasteiger partial charge < -0.3 is 9.64 Å². The van der Waals surface area contributed by atoms with Crippen molar-refractivity contribution >= 4 is 5.97 Å². The van der Waals surface area contributed by atoms with Crippen LogP contribution in [0, 0.1) is 12.7 Å². The summed E-state index contributed by atoms with van der Waals surface area (Å²) in [5.41, 5.74) is 1.80. The van der Waals surface area contributed by atoms with Crippen LogP contribution in [-0.4, -0.2) is 31.6 Å². The average molecular weight is 253 g/mol. The van der Waals surface area contributed by atoms with Crippen molar-refractivity contribution in [2.24, 2.45) is 0 Å². The lowest BCUT2D eigenvalue weighted by atomic mass is 9.98. The molecule has 0 heterocycles. The van der Waals surface area contributed by atoms with E-state index in [4.69, 9.17) is 4.74 Å². The molecule has 0 aliphatic carbocycles. The Morgan fingerprint density at radius 1 is 1.44 bits per heavy atom. The van der Waals surface area contributed by atoms with Gasteiger partial charge in [0.05, 0.1) is 13.0 Å². The van der Waals surface area contributed by atoms with Crippen molar-refractivity contribution in [3.63, 3.8) is 0 Å². The number of aryl methyl sites for hydroxylation is 1. The molecular formula is C14H20FNO2. The van der Waals surface area contributed by atoms with E-state index in [1.54, 1.807) is 13.0 Å². The van der Waals surface area contributed by atoms with Gasteiger partial charge in [-0.15, -0.1) is 0 Å². The topological polar surface area (TPSA) is 29.5 Å². The molecule has 1 rings (SSSR count). The van der Waals surface area contributed by atoms with E-state index in [1.807, 2.05) is 25.9 Å². The standard InChI is InChI=1S/C14H20FNO2/c1-5-18-14(17)9-13(16(3)4)12-8-11(15)7-6-10(12)2/h6-8,13H,5,9H2,1-4H3. The van der Waals surface area contributed by atoms with Gasteiger partial charge in [-0.1, -0.05) is 6.07 Å². The van der Waals surface area contributed by atoms with E-state index in [0.717, 1.165) is 11.1 Å². The Balaban J connectivity index is 2.97. The van der Waals surface area contributed by atoms with Crippen LogP contribution in [0.1, 0.15) is 30.5 Å². The summed E-state index contributed by atoms with van der Waals surface area (Å²) in [7, 11) is 3.74. The van der Waals surface area contributed by atoms with Gasteiger partial charge in [-0.2, -0.15) is 0 Å². The van der Waals surface area contributed by atoms with Gasteiger partial charge in [0.25, 0.3) is 0 Å². The van der Waals surface area contributed by atoms with Gasteiger partial charge in [-0.3, -0.25) is 4.79 Å². The summed E-state index contributed by atoms with van der Waals surface area (Å²) in [6.45, 7) is 4.05. The van der Waals surface area contributed by atoms with Crippen LogP contribution >= 0.6 is 0 Å². The first-order valence-corrected chi connectivity index (χ1v) is 6.03. The Bertz CT molecular complexity index is 418. The maximum Gasteiger partial charge on any atom is 0.307 e. The zero-order valence-electron chi connectivity index (χ0n) is 11.4. The molecule has 100 valence electrons. The van der Waals surface area contributed by atoms with Crippen LogP contribution in [-0.2, 0) is 9.53 Å². The molecule has 1 unspecified atom stereocenters. The molecule has 0 saturated carbocycles. The normalized spacial score (nSPS) is 12.6. The molecule has 0 bridgehead atoms. The quantitative estimate of drug-likeness (QED) is 0.756. The van der Waals surface area contributed by atoms with Crippen LogP contribution in [0.15, 0.2) is 18.2 Å². The highest BCUT2D eigenvalue weighted by Gasteiger charge is 2.21. The van der Waals surface area contributed by atoms with E-state index in [2.05, 4.69) is 0 Å². The maximum absolute atomic E-state index is 13.3. The predicted molar refractivity (Wildman–Crippen MR) is 68.8 cm³/mol. The molecule has 0 radical (unpaired) electrons. The number of rotatable bonds is 5. The zero-order chi connectivity index (χ0) is 13.7. The third-order valence-electron chi connectivity index (χ3n) is 2.89. The third kappa shape index (κ3) is 3.81. The Morgan fingerprint density at radius 3 is 2.67 bits per heavy atom. The number of carbonyl (C=O) groups is 1. The number of halogens is 1. The van der Waals surface area contributed by atoms with Gasteiger partial charge in [0.1, 0.15) is 5.82 Å². The van der Waals surface area contributed by atoms with Gasteiger partial charge >= 0.3 is 5.97 Å².